The van der Waals surface area contributed by atoms with Crippen LogP contribution in [0.2, 0.25) is 0 Å². The van der Waals surface area contributed by atoms with Gasteiger partial charge in [0.1, 0.15) is 6.04 Å². The van der Waals surface area contributed by atoms with Crippen LogP contribution in [0.25, 0.3) is 0 Å². The maximum Gasteiger partial charge on any atom is 0.108 e. The fourth-order valence-electron chi connectivity index (χ4n) is 3.59. The number of hydrogen-bond acceptors (Lipinski definition) is 3. The molecule has 2 aliphatic rings. The largest absolute Gasteiger partial charge is 0.301 e. The predicted molar refractivity (Wildman–Crippen MR) is 69.6 cm³/mol. The van der Waals surface area contributed by atoms with E-state index in [-0.39, 0.29) is 6.04 Å². The lowest BCUT2D eigenvalue weighted by molar-refractivity contribution is 0.0574. The van der Waals surface area contributed by atoms with Gasteiger partial charge in [0.2, 0.25) is 0 Å². The lowest BCUT2D eigenvalue weighted by atomic mass is 9.78. The monoisotopic (exact) mass is 235 g/mol. The second-order valence-electron chi connectivity index (χ2n) is 5.49. The Morgan fingerprint density at radius 1 is 1.29 bits per heavy atom. The Hall–Kier alpha value is -0.590. The average molecular weight is 235 g/mol. The number of nitrogens with zero attached hydrogens (tertiary/aromatic N) is 2. The summed E-state index contributed by atoms with van der Waals surface area (Å²) in [6, 6.07) is 3.18. The third kappa shape index (κ3) is 3.20. The third-order valence-electron chi connectivity index (χ3n) is 4.38. The van der Waals surface area contributed by atoms with Crippen molar-refractivity contribution in [1.29, 1.82) is 5.26 Å². The summed E-state index contributed by atoms with van der Waals surface area (Å²) < 4.78 is 0. The van der Waals surface area contributed by atoms with Crippen molar-refractivity contribution in [3.63, 3.8) is 0 Å². The Labute approximate surface area is 105 Å². The molecular weight excluding hydrogens is 210 g/mol. The highest BCUT2D eigenvalue weighted by Gasteiger charge is 2.33. The number of likely N-dealkylation sites (tertiary alicyclic amines) is 1. The summed E-state index contributed by atoms with van der Waals surface area (Å²) in [5.41, 5.74) is 0. The molecule has 0 spiro atoms. The predicted octanol–water partition coefficient (Wildman–Crippen LogP) is 2.14. The molecule has 1 heterocycles. The van der Waals surface area contributed by atoms with Crippen LogP contribution in [0.4, 0.5) is 0 Å². The number of likely N-dealkylation sites (N-methyl/N-ethyl adjacent to an activating group) is 1. The van der Waals surface area contributed by atoms with Crippen LogP contribution >= 0.6 is 0 Å². The molecule has 1 N–H and O–H groups in total. The highest BCUT2D eigenvalue weighted by Crippen LogP contribution is 2.35. The second kappa shape index (κ2) is 6.37. The zero-order chi connectivity index (χ0) is 12.1. The molecule has 1 saturated heterocycles. The molecule has 3 unspecified atom stereocenters. The Kier molecular flexibility index (Phi) is 4.82. The van der Waals surface area contributed by atoms with Crippen LogP contribution in [-0.4, -0.2) is 36.6 Å². The number of nitriles is 1. The van der Waals surface area contributed by atoms with Gasteiger partial charge in [0, 0.05) is 12.6 Å². The Morgan fingerprint density at radius 3 is 2.82 bits per heavy atom. The van der Waals surface area contributed by atoms with E-state index in [1.54, 1.807) is 0 Å². The highest BCUT2D eigenvalue weighted by atomic mass is 15.2. The van der Waals surface area contributed by atoms with Gasteiger partial charge in [0.15, 0.2) is 0 Å². The first-order valence-electron chi connectivity index (χ1n) is 7.22. The van der Waals surface area contributed by atoms with Crippen LogP contribution in [-0.2, 0) is 0 Å². The molecule has 0 amide bonds. The van der Waals surface area contributed by atoms with Crippen molar-refractivity contribution in [2.75, 3.05) is 19.6 Å². The van der Waals surface area contributed by atoms with Gasteiger partial charge in [-0.15, -0.1) is 0 Å². The van der Waals surface area contributed by atoms with E-state index in [2.05, 4.69) is 23.2 Å². The van der Waals surface area contributed by atoms with Crippen molar-refractivity contribution in [1.82, 2.24) is 10.2 Å². The van der Waals surface area contributed by atoms with E-state index in [9.17, 15) is 0 Å². The number of fused-ring (bicyclic) bond motifs is 1. The minimum atomic E-state index is 0.0145. The van der Waals surface area contributed by atoms with Crippen molar-refractivity contribution in [3.8, 4) is 6.07 Å². The molecule has 17 heavy (non-hydrogen) atoms. The smallest absolute Gasteiger partial charge is 0.108 e. The van der Waals surface area contributed by atoms with Crippen LogP contribution in [0, 0.1) is 17.2 Å². The van der Waals surface area contributed by atoms with Gasteiger partial charge in [0.05, 0.1) is 6.07 Å². The molecule has 3 atom stereocenters. The van der Waals surface area contributed by atoms with Gasteiger partial charge in [-0.3, -0.25) is 4.90 Å². The molecule has 0 bridgehead atoms. The molecule has 1 saturated carbocycles. The van der Waals surface area contributed by atoms with E-state index in [0.717, 1.165) is 25.0 Å². The minimum absolute atomic E-state index is 0.0145. The van der Waals surface area contributed by atoms with E-state index < -0.39 is 0 Å². The van der Waals surface area contributed by atoms with Crippen LogP contribution < -0.4 is 5.32 Å². The molecule has 1 aliphatic carbocycles. The summed E-state index contributed by atoms with van der Waals surface area (Å²) in [4.78, 5) is 2.59. The van der Waals surface area contributed by atoms with Crippen LogP contribution in [0.5, 0.6) is 0 Å². The molecule has 3 nitrogen and oxygen atoms in total. The quantitative estimate of drug-likeness (QED) is 0.811. The third-order valence-corrected chi connectivity index (χ3v) is 4.38. The SMILES string of the molecule is CCNC(C#N)CN1CCCC2CCCCC21. The molecule has 3 heteroatoms. The summed E-state index contributed by atoms with van der Waals surface area (Å²) in [6.07, 6.45) is 8.32. The lowest BCUT2D eigenvalue weighted by Crippen LogP contribution is -2.51. The molecule has 96 valence electrons. The number of nitrogens with one attached hydrogen (secondary N) is 1. The van der Waals surface area contributed by atoms with Crippen molar-refractivity contribution < 1.29 is 0 Å². The fraction of sp³-hybridized carbons (Fsp3) is 0.929. The van der Waals surface area contributed by atoms with E-state index >= 15 is 0 Å². The molecule has 2 fully saturated rings. The Morgan fingerprint density at radius 2 is 2.06 bits per heavy atom. The summed E-state index contributed by atoms with van der Waals surface area (Å²) in [5, 5.41) is 12.4. The van der Waals surface area contributed by atoms with Gasteiger partial charge in [-0.1, -0.05) is 19.8 Å². The maximum atomic E-state index is 9.14. The summed E-state index contributed by atoms with van der Waals surface area (Å²) in [6.45, 7) is 5.08. The van der Waals surface area contributed by atoms with Gasteiger partial charge in [-0.25, -0.2) is 0 Å². The van der Waals surface area contributed by atoms with Gasteiger partial charge in [-0.05, 0) is 44.7 Å². The molecule has 0 aromatic carbocycles. The fourth-order valence-corrected chi connectivity index (χ4v) is 3.59. The van der Waals surface area contributed by atoms with Crippen molar-refractivity contribution in [2.45, 2.75) is 57.5 Å². The van der Waals surface area contributed by atoms with Crippen molar-refractivity contribution in [2.24, 2.45) is 5.92 Å². The van der Waals surface area contributed by atoms with E-state index in [4.69, 9.17) is 5.26 Å². The van der Waals surface area contributed by atoms with Crippen molar-refractivity contribution >= 4 is 0 Å². The average Bonchev–Trinajstić information content (AvgIpc) is 2.38. The minimum Gasteiger partial charge on any atom is -0.301 e. The molecular formula is C14H25N3. The first kappa shape index (κ1) is 12.9. The molecule has 2 rings (SSSR count). The van der Waals surface area contributed by atoms with Crippen LogP contribution in [0.1, 0.15) is 45.4 Å². The van der Waals surface area contributed by atoms with E-state index in [1.807, 2.05) is 0 Å². The van der Waals surface area contributed by atoms with Gasteiger partial charge in [0.25, 0.3) is 0 Å². The highest BCUT2D eigenvalue weighted by molar-refractivity contribution is 4.95. The first-order chi connectivity index (χ1) is 8.35. The van der Waals surface area contributed by atoms with Gasteiger partial charge < -0.3 is 5.32 Å². The molecule has 1 aliphatic heterocycles. The lowest BCUT2D eigenvalue weighted by Gasteiger charge is -2.44. The normalized spacial score (nSPS) is 31.5. The summed E-state index contributed by atoms with van der Waals surface area (Å²) in [7, 11) is 0. The molecule has 0 aromatic rings. The summed E-state index contributed by atoms with van der Waals surface area (Å²) >= 11 is 0. The standard InChI is InChI=1S/C14H25N3/c1-2-16-13(10-15)11-17-9-5-7-12-6-3-4-8-14(12)17/h12-14,16H,2-9,11H2,1H3. The maximum absolute atomic E-state index is 9.14. The van der Waals surface area contributed by atoms with Gasteiger partial charge in [-0.2, -0.15) is 5.26 Å². The first-order valence-corrected chi connectivity index (χ1v) is 7.22. The van der Waals surface area contributed by atoms with E-state index in [1.165, 1.54) is 45.1 Å². The van der Waals surface area contributed by atoms with Crippen LogP contribution in [0.3, 0.4) is 0 Å². The second-order valence-corrected chi connectivity index (χ2v) is 5.49. The Bertz CT molecular complexity index is 269. The molecule has 0 radical (unpaired) electrons. The van der Waals surface area contributed by atoms with Crippen molar-refractivity contribution in [3.05, 3.63) is 0 Å². The van der Waals surface area contributed by atoms with Crippen LogP contribution in [0.15, 0.2) is 0 Å². The summed E-state index contributed by atoms with van der Waals surface area (Å²) in [5.74, 6) is 0.915. The topological polar surface area (TPSA) is 39.1 Å². The number of rotatable bonds is 4. The zero-order valence-electron chi connectivity index (χ0n) is 11.0. The van der Waals surface area contributed by atoms with Gasteiger partial charge >= 0.3 is 0 Å². The molecule has 0 aromatic heterocycles. The zero-order valence-corrected chi connectivity index (χ0v) is 11.0. The van der Waals surface area contributed by atoms with E-state index in [0.29, 0.717) is 0 Å². The number of piperidine rings is 1. The Balaban J connectivity index is 1.92. The number of hydrogen-bond donors (Lipinski definition) is 1.